The largest absolute Gasteiger partial charge is 0.448 e. The van der Waals surface area contributed by atoms with Crippen molar-refractivity contribution in [3.05, 3.63) is 54.7 Å². The van der Waals surface area contributed by atoms with E-state index >= 15 is 0 Å². The van der Waals surface area contributed by atoms with Gasteiger partial charge >= 0.3 is 5.97 Å². The van der Waals surface area contributed by atoms with Crippen LogP contribution in [0.15, 0.2) is 24.3 Å². The van der Waals surface area contributed by atoms with Crippen molar-refractivity contribution in [2.75, 3.05) is 5.32 Å². The van der Waals surface area contributed by atoms with E-state index in [1.807, 2.05) is 6.07 Å². The van der Waals surface area contributed by atoms with E-state index in [9.17, 15) is 19.7 Å². The number of aryl methyl sites for hydroxylation is 2. The topological polar surface area (TPSA) is 98.5 Å². The number of non-ortho nitro benzene ring substituents is 1. The molecule has 0 saturated carbocycles. The van der Waals surface area contributed by atoms with E-state index in [1.165, 1.54) is 40.8 Å². The molecule has 1 aromatic heterocycles. The molecule has 1 aromatic carbocycles. The van der Waals surface area contributed by atoms with Crippen LogP contribution in [0.25, 0.3) is 0 Å². The van der Waals surface area contributed by atoms with Gasteiger partial charge in [0.05, 0.1) is 15.6 Å². The van der Waals surface area contributed by atoms with Crippen molar-refractivity contribution in [3.63, 3.8) is 0 Å². The number of thiophene rings is 1. The number of carbonyl (C=O) groups is 2. The van der Waals surface area contributed by atoms with Crippen molar-refractivity contribution < 1.29 is 19.2 Å². The van der Waals surface area contributed by atoms with Crippen LogP contribution in [0.2, 0.25) is 5.02 Å². The molecule has 1 aliphatic carbocycles. The molecule has 1 unspecified atom stereocenters. The molecular formula is C17H15ClN2O5S. The lowest BCUT2D eigenvalue weighted by Crippen LogP contribution is -2.29. The van der Waals surface area contributed by atoms with Crippen LogP contribution in [0.4, 0.5) is 11.4 Å². The van der Waals surface area contributed by atoms with Crippen molar-refractivity contribution in [2.24, 2.45) is 0 Å². The van der Waals surface area contributed by atoms with E-state index in [0.717, 1.165) is 25.3 Å². The van der Waals surface area contributed by atoms with Gasteiger partial charge in [-0.25, -0.2) is 4.79 Å². The van der Waals surface area contributed by atoms with Gasteiger partial charge in [-0.1, -0.05) is 11.6 Å². The van der Waals surface area contributed by atoms with Crippen molar-refractivity contribution in [1.29, 1.82) is 0 Å². The zero-order chi connectivity index (χ0) is 18.8. The van der Waals surface area contributed by atoms with E-state index in [2.05, 4.69) is 5.32 Å². The summed E-state index contributed by atoms with van der Waals surface area (Å²) in [6.45, 7) is 1.43. The second-order valence-electron chi connectivity index (χ2n) is 5.87. The van der Waals surface area contributed by atoms with Crippen LogP contribution < -0.4 is 5.32 Å². The monoisotopic (exact) mass is 394 g/mol. The lowest BCUT2D eigenvalue weighted by atomic mass is 10.2. The number of nitrogens with zero attached hydrogens (tertiary/aromatic N) is 1. The highest BCUT2D eigenvalue weighted by Gasteiger charge is 2.24. The van der Waals surface area contributed by atoms with Crippen molar-refractivity contribution in [3.8, 4) is 0 Å². The highest BCUT2D eigenvalue weighted by atomic mass is 35.5. The molecule has 7 nitrogen and oxygen atoms in total. The Morgan fingerprint density at radius 2 is 2.12 bits per heavy atom. The van der Waals surface area contributed by atoms with Crippen LogP contribution in [0.3, 0.4) is 0 Å². The SMILES string of the molecule is CC(OC(=O)c1cc2c(s1)CCC2)C(=O)Nc1cc([N+](=O)[O-])ccc1Cl. The maximum Gasteiger partial charge on any atom is 0.349 e. The minimum atomic E-state index is -1.07. The second-order valence-corrected chi connectivity index (χ2v) is 7.41. The number of esters is 1. The van der Waals surface area contributed by atoms with Gasteiger partial charge in [-0.2, -0.15) is 0 Å². The number of rotatable bonds is 5. The fraction of sp³-hybridized carbons (Fsp3) is 0.294. The molecule has 1 atom stereocenters. The average molecular weight is 395 g/mol. The highest BCUT2D eigenvalue weighted by molar-refractivity contribution is 7.14. The first kappa shape index (κ1) is 18.3. The number of hydrogen-bond acceptors (Lipinski definition) is 6. The fourth-order valence-electron chi connectivity index (χ4n) is 2.66. The molecule has 3 rings (SSSR count). The number of halogens is 1. The number of nitrogens with one attached hydrogen (secondary N) is 1. The quantitative estimate of drug-likeness (QED) is 0.469. The van der Waals surface area contributed by atoms with Gasteiger partial charge < -0.3 is 10.1 Å². The zero-order valence-corrected chi connectivity index (χ0v) is 15.4. The Balaban J connectivity index is 1.65. The lowest BCUT2D eigenvalue weighted by Gasteiger charge is -2.13. The third kappa shape index (κ3) is 3.86. The van der Waals surface area contributed by atoms with Crippen LogP contribution in [-0.4, -0.2) is 22.9 Å². The molecule has 0 spiro atoms. The summed E-state index contributed by atoms with van der Waals surface area (Å²) in [5.41, 5.74) is 1.05. The minimum absolute atomic E-state index is 0.0869. The van der Waals surface area contributed by atoms with Crippen LogP contribution in [0, 0.1) is 10.1 Å². The van der Waals surface area contributed by atoms with Crippen LogP contribution in [-0.2, 0) is 22.4 Å². The molecule has 9 heteroatoms. The summed E-state index contributed by atoms with van der Waals surface area (Å²) < 4.78 is 5.21. The molecule has 0 aliphatic heterocycles. The number of hydrogen-bond donors (Lipinski definition) is 1. The number of benzene rings is 1. The van der Waals surface area contributed by atoms with Gasteiger partial charge in [0, 0.05) is 17.0 Å². The molecule has 1 heterocycles. The second kappa shape index (κ2) is 7.43. The maximum atomic E-state index is 12.2. The molecule has 2 aromatic rings. The number of ether oxygens (including phenoxy) is 1. The van der Waals surface area contributed by atoms with Gasteiger partial charge in [0.25, 0.3) is 11.6 Å². The van der Waals surface area contributed by atoms with Gasteiger partial charge in [0.2, 0.25) is 0 Å². The standard InChI is InChI=1S/C17H15ClN2O5S/c1-9(25-17(22)15-7-10-3-2-4-14(10)26-15)16(21)19-13-8-11(20(23)24)5-6-12(13)18/h5-9H,2-4H2,1H3,(H,19,21). The van der Waals surface area contributed by atoms with Crippen molar-refractivity contribution in [1.82, 2.24) is 0 Å². The smallest absolute Gasteiger partial charge is 0.349 e. The predicted molar refractivity (Wildman–Crippen MR) is 98.0 cm³/mol. The van der Waals surface area contributed by atoms with Crippen molar-refractivity contribution in [2.45, 2.75) is 32.3 Å². The summed E-state index contributed by atoms with van der Waals surface area (Å²) in [7, 11) is 0. The third-order valence-corrected chi connectivity index (χ3v) is 5.57. The minimum Gasteiger partial charge on any atom is -0.448 e. The van der Waals surface area contributed by atoms with E-state index < -0.39 is 22.9 Å². The molecule has 0 fully saturated rings. The Hall–Kier alpha value is -2.45. The molecule has 0 bridgehead atoms. The number of anilines is 1. The first-order valence-corrected chi connectivity index (χ1v) is 9.12. The van der Waals surface area contributed by atoms with Gasteiger partial charge in [0.1, 0.15) is 4.88 Å². The molecule has 1 aliphatic rings. The van der Waals surface area contributed by atoms with E-state index in [4.69, 9.17) is 16.3 Å². The molecule has 136 valence electrons. The number of fused-ring (bicyclic) bond motifs is 1. The third-order valence-electron chi connectivity index (χ3n) is 4.02. The normalized spacial score (nSPS) is 13.8. The number of nitro groups is 1. The fourth-order valence-corrected chi connectivity index (χ4v) is 3.96. The van der Waals surface area contributed by atoms with Gasteiger partial charge in [-0.3, -0.25) is 14.9 Å². The number of nitro benzene ring substituents is 1. The maximum absolute atomic E-state index is 12.2. The molecule has 1 amide bonds. The Morgan fingerprint density at radius 1 is 1.35 bits per heavy atom. The zero-order valence-electron chi connectivity index (χ0n) is 13.8. The van der Waals surface area contributed by atoms with Crippen LogP contribution in [0.1, 0.15) is 33.5 Å². The van der Waals surface area contributed by atoms with E-state index in [-0.39, 0.29) is 16.4 Å². The molecule has 0 radical (unpaired) electrons. The Morgan fingerprint density at radius 3 is 2.81 bits per heavy atom. The first-order valence-electron chi connectivity index (χ1n) is 7.92. The average Bonchev–Trinajstić information content (AvgIpc) is 3.18. The summed E-state index contributed by atoms with van der Waals surface area (Å²) in [4.78, 5) is 36.4. The highest BCUT2D eigenvalue weighted by Crippen LogP contribution is 2.31. The summed E-state index contributed by atoms with van der Waals surface area (Å²) in [5.74, 6) is -1.18. The molecule has 0 saturated heterocycles. The van der Waals surface area contributed by atoms with Gasteiger partial charge in [0.15, 0.2) is 6.10 Å². The molecular weight excluding hydrogens is 380 g/mol. The van der Waals surface area contributed by atoms with Crippen LogP contribution >= 0.6 is 22.9 Å². The Bertz CT molecular complexity index is 874. The predicted octanol–water partition coefficient (Wildman–Crippen LogP) is 3.98. The molecule has 26 heavy (non-hydrogen) atoms. The number of amides is 1. The molecule has 1 N–H and O–H groups in total. The van der Waals surface area contributed by atoms with Crippen molar-refractivity contribution >= 4 is 46.2 Å². The number of carbonyl (C=O) groups excluding carboxylic acids is 2. The summed E-state index contributed by atoms with van der Waals surface area (Å²) in [6.07, 6.45) is 1.95. The van der Waals surface area contributed by atoms with E-state index in [0.29, 0.717) is 4.88 Å². The summed E-state index contributed by atoms with van der Waals surface area (Å²) >= 11 is 7.34. The Labute approximate surface area is 158 Å². The summed E-state index contributed by atoms with van der Waals surface area (Å²) in [5, 5.41) is 13.4. The van der Waals surface area contributed by atoms with Gasteiger partial charge in [-0.15, -0.1) is 11.3 Å². The lowest BCUT2D eigenvalue weighted by molar-refractivity contribution is -0.384. The van der Waals surface area contributed by atoms with Crippen LogP contribution in [0.5, 0.6) is 0 Å². The first-order chi connectivity index (χ1) is 12.3. The Kier molecular flexibility index (Phi) is 5.24. The van der Waals surface area contributed by atoms with Gasteiger partial charge in [-0.05, 0) is 43.9 Å². The van der Waals surface area contributed by atoms with E-state index in [1.54, 1.807) is 0 Å². The summed E-state index contributed by atoms with van der Waals surface area (Å²) in [6, 6.07) is 5.52.